The number of amides is 1. The number of nitrogens with zero attached hydrogens (tertiary/aromatic N) is 1. The normalized spacial score (nSPS) is 12.1. The number of hydrogen-bond donors (Lipinski definition) is 1. The highest BCUT2D eigenvalue weighted by molar-refractivity contribution is 6.30. The molecule has 114 valence electrons. The van der Waals surface area contributed by atoms with Crippen molar-refractivity contribution in [2.24, 2.45) is 5.10 Å². The van der Waals surface area contributed by atoms with Gasteiger partial charge < -0.3 is 4.74 Å². The Hall–Kier alpha value is -2.33. The number of hydrazone groups is 1. The first kappa shape index (κ1) is 16.0. The van der Waals surface area contributed by atoms with Crippen LogP contribution in [0, 0.1) is 6.92 Å². The van der Waals surface area contributed by atoms with E-state index < -0.39 is 6.10 Å². The van der Waals surface area contributed by atoms with Crippen molar-refractivity contribution >= 4 is 23.7 Å². The summed E-state index contributed by atoms with van der Waals surface area (Å²) in [4.78, 5) is 11.9. The average Bonchev–Trinajstić information content (AvgIpc) is 2.51. The number of hydrogen-bond acceptors (Lipinski definition) is 3. The predicted molar refractivity (Wildman–Crippen MR) is 88.5 cm³/mol. The molecule has 0 saturated carbocycles. The van der Waals surface area contributed by atoms with Gasteiger partial charge in [0.05, 0.1) is 6.21 Å². The van der Waals surface area contributed by atoms with Crippen LogP contribution in [0.2, 0.25) is 5.02 Å². The molecule has 0 heterocycles. The summed E-state index contributed by atoms with van der Waals surface area (Å²) in [5.74, 6) is 0.306. The summed E-state index contributed by atoms with van der Waals surface area (Å²) in [6, 6.07) is 14.8. The van der Waals surface area contributed by atoms with Gasteiger partial charge in [0, 0.05) is 5.02 Å². The molecule has 0 saturated heterocycles. The van der Waals surface area contributed by atoms with Gasteiger partial charge in [-0.25, -0.2) is 5.43 Å². The summed E-state index contributed by atoms with van der Waals surface area (Å²) in [6.07, 6.45) is 0.922. The molecule has 2 aromatic carbocycles. The van der Waals surface area contributed by atoms with Gasteiger partial charge in [-0.1, -0.05) is 41.9 Å². The third kappa shape index (κ3) is 4.60. The maximum Gasteiger partial charge on any atom is 0.280 e. The molecule has 1 amide bonds. The van der Waals surface area contributed by atoms with Crippen LogP contribution in [0.25, 0.3) is 0 Å². The molecule has 0 spiro atoms. The Kier molecular flexibility index (Phi) is 5.55. The average molecular weight is 317 g/mol. The van der Waals surface area contributed by atoms with Crippen LogP contribution in [-0.2, 0) is 4.79 Å². The minimum absolute atomic E-state index is 0.318. The first-order valence-corrected chi connectivity index (χ1v) is 7.25. The highest BCUT2D eigenvalue weighted by Crippen LogP contribution is 2.22. The zero-order valence-electron chi connectivity index (χ0n) is 12.4. The van der Waals surface area contributed by atoms with Crippen LogP contribution < -0.4 is 10.2 Å². The van der Waals surface area contributed by atoms with E-state index in [1.807, 2.05) is 37.3 Å². The molecule has 0 bridgehead atoms. The highest BCUT2D eigenvalue weighted by Gasteiger charge is 2.15. The molecular formula is C17H17ClN2O2. The van der Waals surface area contributed by atoms with Crippen molar-refractivity contribution < 1.29 is 9.53 Å². The Bertz CT molecular complexity index is 672. The summed E-state index contributed by atoms with van der Waals surface area (Å²) in [7, 11) is 0. The molecule has 22 heavy (non-hydrogen) atoms. The van der Waals surface area contributed by atoms with Crippen molar-refractivity contribution in [2.45, 2.75) is 20.0 Å². The van der Waals surface area contributed by atoms with Crippen LogP contribution >= 0.6 is 11.6 Å². The molecule has 0 aliphatic rings. The number of carbonyl (C=O) groups excluding carboxylic acids is 1. The number of nitrogens with one attached hydrogen (secondary N) is 1. The molecule has 0 aliphatic heterocycles. The van der Waals surface area contributed by atoms with E-state index in [2.05, 4.69) is 10.5 Å². The fourth-order valence-electron chi connectivity index (χ4n) is 1.79. The van der Waals surface area contributed by atoms with Crippen LogP contribution in [0.1, 0.15) is 18.1 Å². The summed E-state index contributed by atoms with van der Waals surface area (Å²) in [5, 5.41) is 4.55. The van der Waals surface area contributed by atoms with Crippen molar-refractivity contribution in [3.63, 3.8) is 0 Å². The van der Waals surface area contributed by atoms with Crippen LogP contribution in [0.15, 0.2) is 53.6 Å². The number of ether oxygens (including phenoxy) is 1. The van der Waals surface area contributed by atoms with E-state index in [1.54, 1.807) is 31.3 Å². The standard InChI is InChI=1S/C17H17ClN2O2/c1-12-10-15(18)8-9-16(12)22-13(2)17(21)20-19-11-14-6-4-3-5-7-14/h3-11,13H,1-2H3,(H,20,21)/b19-11-/t13-/m1/s1. The van der Waals surface area contributed by atoms with Gasteiger partial charge in [-0.05, 0) is 43.2 Å². The molecule has 0 aromatic heterocycles. The largest absolute Gasteiger partial charge is 0.481 e. The van der Waals surface area contributed by atoms with Crippen LogP contribution in [0.4, 0.5) is 0 Å². The first-order valence-electron chi connectivity index (χ1n) is 6.87. The Balaban J connectivity index is 1.91. The maximum absolute atomic E-state index is 11.9. The van der Waals surface area contributed by atoms with E-state index in [9.17, 15) is 4.79 Å². The number of aryl methyl sites for hydroxylation is 1. The zero-order chi connectivity index (χ0) is 15.9. The smallest absolute Gasteiger partial charge is 0.280 e. The van der Waals surface area contributed by atoms with E-state index in [1.165, 1.54) is 0 Å². The maximum atomic E-state index is 11.9. The number of carbonyl (C=O) groups is 1. The lowest BCUT2D eigenvalue weighted by Gasteiger charge is -2.14. The van der Waals surface area contributed by atoms with Crippen molar-refractivity contribution in [1.82, 2.24) is 5.43 Å². The number of halogens is 1. The van der Waals surface area contributed by atoms with E-state index in [4.69, 9.17) is 16.3 Å². The van der Waals surface area contributed by atoms with Crippen LogP contribution in [0.5, 0.6) is 5.75 Å². The summed E-state index contributed by atoms with van der Waals surface area (Å²) in [6.45, 7) is 3.54. The lowest BCUT2D eigenvalue weighted by atomic mass is 10.2. The monoisotopic (exact) mass is 316 g/mol. The van der Waals surface area contributed by atoms with E-state index in [0.717, 1.165) is 11.1 Å². The Morgan fingerprint density at radius 3 is 2.68 bits per heavy atom. The predicted octanol–water partition coefficient (Wildman–Crippen LogP) is 3.57. The molecule has 2 rings (SSSR count). The van der Waals surface area contributed by atoms with Gasteiger partial charge in [-0.3, -0.25) is 4.79 Å². The molecule has 2 aromatic rings. The molecule has 1 atom stereocenters. The molecule has 0 unspecified atom stereocenters. The Morgan fingerprint density at radius 2 is 2.00 bits per heavy atom. The van der Waals surface area contributed by atoms with Gasteiger partial charge in [-0.15, -0.1) is 0 Å². The van der Waals surface area contributed by atoms with Crippen molar-refractivity contribution in [3.05, 3.63) is 64.7 Å². The molecule has 0 radical (unpaired) electrons. The van der Waals surface area contributed by atoms with Gasteiger partial charge in [0.1, 0.15) is 5.75 Å². The van der Waals surface area contributed by atoms with E-state index in [0.29, 0.717) is 10.8 Å². The molecule has 0 fully saturated rings. The van der Waals surface area contributed by atoms with Crippen molar-refractivity contribution in [2.75, 3.05) is 0 Å². The minimum atomic E-state index is -0.659. The van der Waals surface area contributed by atoms with Gasteiger partial charge in [0.25, 0.3) is 5.91 Å². The molecule has 5 heteroatoms. The fraction of sp³-hybridized carbons (Fsp3) is 0.176. The fourth-order valence-corrected chi connectivity index (χ4v) is 2.02. The SMILES string of the molecule is Cc1cc(Cl)ccc1O[C@H](C)C(=O)N/N=C\c1ccccc1. The summed E-state index contributed by atoms with van der Waals surface area (Å²) in [5.41, 5.74) is 4.24. The van der Waals surface area contributed by atoms with Gasteiger partial charge in [0.2, 0.25) is 0 Å². The molecule has 4 nitrogen and oxygen atoms in total. The number of rotatable bonds is 5. The Morgan fingerprint density at radius 1 is 1.27 bits per heavy atom. The topological polar surface area (TPSA) is 50.7 Å². The number of benzene rings is 2. The lowest BCUT2D eigenvalue weighted by Crippen LogP contribution is -2.33. The van der Waals surface area contributed by atoms with E-state index in [-0.39, 0.29) is 5.91 Å². The highest BCUT2D eigenvalue weighted by atomic mass is 35.5. The van der Waals surface area contributed by atoms with Crippen molar-refractivity contribution in [3.8, 4) is 5.75 Å². The zero-order valence-corrected chi connectivity index (χ0v) is 13.2. The van der Waals surface area contributed by atoms with Crippen LogP contribution in [0.3, 0.4) is 0 Å². The quantitative estimate of drug-likeness (QED) is 0.677. The summed E-state index contributed by atoms with van der Waals surface area (Å²) < 4.78 is 5.62. The second-order valence-corrected chi connectivity index (χ2v) is 5.25. The second kappa shape index (κ2) is 7.61. The third-order valence-electron chi connectivity index (χ3n) is 3.00. The van der Waals surface area contributed by atoms with Crippen molar-refractivity contribution in [1.29, 1.82) is 0 Å². The minimum Gasteiger partial charge on any atom is -0.481 e. The van der Waals surface area contributed by atoms with Gasteiger partial charge >= 0.3 is 0 Å². The van der Waals surface area contributed by atoms with E-state index >= 15 is 0 Å². The van der Waals surface area contributed by atoms with Crippen LogP contribution in [-0.4, -0.2) is 18.2 Å². The third-order valence-corrected chi connectivity index (χ3v) is 3.23. The molecule has 1 N–H and O–H groups in total. The summed E-state index contributed by atoms with van der Waals surface area (Å²) >= 11 is 5.89. The first-order chi connectivity index (χ1) is 10.6. The molecular weight excluding hydrogens is 300 g/mol. The van der Waals surface area contributed by atoms with Gasteiger partial charge in [-0.2, -0.15) is 5.10 Å². The molecule has 0 aliphatic carbocycles. The second-order valence-electron chi connectivity index (χ2n) is 4.81. The lowest BCUT2D eigenvalue weighted by molar-refractivity contribution is -0.127. The van der Waals surface area contributed by atoms with Gasteiger partial charge in [0.15, 0.2) is 6.10 Å². The Labute approximate surface area is 134 Å².